The maximum absolute atomic E-state index is 10.4. The minimum Gasteiger partial charge on any atom is -0.493 e. The molecule has 0 saturated heterocycles. The minimum atomic E-state index is -0.708. The number of hydrogen-bond donors (Lipinski definition) is 1. The maximum Gasteiger partial charge on any atom is 0.125 e. The van der Waals surface area contributed by atoms with Crippen LogP contribution >= 0.6 is 0 Å². The van der Waals surface area contributed by atoms with E-state index in [1.165, 1.54) is 0 Å². The summed E-state index contributed by atoms with van der Waals surface area (Å²) in [5, 5.41) is 10.4. The van der Waals surface area contributed by atoms with Gasteiger partial charge in [-0.25, -0.2) is 0 Å². The Kier molecular flexibility index (Phi) is 3.95. The van der Waals surface area contributed by atoms with Crippen molar-refractivity contribution in [1.29, 1.82) is 0 Å². The SMILES string of the molecule is CCOc1ccccc1C(O)c1ccc(C)nc1. The minimum absolute atomic E-state index is 0.579. The quantitative estimate of drug-likeness (QED) is 0.897. The number of aromatic nitrogens is 1. The van der Waals surface area contributed by atoms with E-state index in [9.17, 15) is 5.11 Å². The molecule has 0 aliphatic rings. The Morgan fingerprint density at radius 1 is 1.22 bits per heavy atom. The van der Waals surface area contributed by atoms with Crippen LogP contribution in [0, 0.1) is 6.92 Å². The van der Waals surface area contributed by atoms with E-state index in [4.69, 9.17) is 4.74 Å². The van der Waals surface area contributed by atoms with Gasteiger partial charge in [0.2, 0.25) is 0 Å². The lowest BCUT2D eigenvalue weighted by Crippen LogP contribution is -2.04. The van der Waals surface area contributed by atoms with E-state index in [-0.39, 0.29) is 0 Å². The van der Waals surface area contributed by atoms with E-state index in [2.05, 4.69) is 4.98 Å². The second-order valence-electron chi connectivity index (χ2n) is 4.11. The van der Waals surface area contributed by atoms with Crippen LogP contribution in [0.4, 0.5) is 0 Å². The van der Waals surface area contributed by atoms with Crippen molar-refractivity contribution in [1.82, 2.24) is 4.98 Å². The lowest BCUT2D eigenvalue weighted by Gasteiger charge is -2.15. The highest BCUT2D eigenvalue weighted by molar-refractivity contribution is 5.39. The second-order valence-corrected chi connectivity index (χ2v) is 4.11. The predicted octanol–water partition coefficient (Wildman–Crippen LogP) is 2.87. The third kappa shape index (κ3) is 2.68. The normalized spacial score (nSPS) is 12.2. The van der Waals surface area contributed by atoms with Gasteiger partial charge in [0.15, 0.2) is 0 Å². The van der Waals surface area contributed by atoms with Gasteiger partial charge in [0.25, 0.3) is 0 Å². The smallest absolute Gasteiger partial charge is 0.125 e. The zero-order valence-electron chi connectivity index (χ0n) is 10.6. The van der Waals surface area contributed by atoms with Crippen LogP contribution in [-0.2, 0) is 0 Å². The van der Waals surface area contributed by atoms with Gasteiger partial charge in [0.05, 0.1) is 6.61 Å². The van der Waals surface area contributed by atoms with Crippen molar-refractivity contribution in [2.45, 2.75) is 20.0 Å². The van der Waals surface area contributed by atoms with Crippen molar-refractivity contribution in [3.63, 3.8) is 0 Å². The maximum atomic E-state index is 10.4. The van der Waals surface area contributed by atoms with Crippen molar-refractivity contribution < 1.29 is 9.84 Å². The largest absolute Gasteiger partial charge is 0.493 e. The molecule has 2 aromatic rings. The predicted molar refractivity (Wildman–Crippen MR) is 70.6 cm³/mol. The number of hydrogen-bond acceptors (Lipinski definition) is 3. The molecule has 3 nitrogen and oxygen atoms in total. The number of aliphatic hydroxyl groups excluding tert-OH is 1. The summed E-state index contributed by atoms with van der Waals surface area (Å²) < 4.78 is 5.52. The summed E-state index contributed by atoms with van der Waals surface area (Å²) in [5.74, 6) is 0.716. The van der Waals surface area contributed by atoms with E-state index >= 15 is 0 Å². The molecule has 0 amide bonds. The molecule has 0 aliphatic heterocycles. The summed E-state index contributed by atoms with van der Waals surface area (Å²) in [6.45, 7) is 4.43. The fourth-order valence-corrected chi connectivity index (χ4v) is 1.81. The summed E-state index contributed by atoms with van der Waals surface area (Å²) in [4.78, 5) is 4.20. The first-order valence-electron chi connectivity index (χ1n) is 6.04. The van der Waals surface area contributed by atoms with Crippen molar-refractivity contribution in [2.24, 2.45) is 0 Å². The summed E-state index contributed by atoms with van der Waals surface area (Å²) in [6.07, 6.45) is 0.990. The van der Waals surface area contributed by atoms with Gasteiger partial charge in [-0.05, 0) is 26.0 Å². The third-order valence-corrected chi connectivity index (χ3v) is 2.76. The van der Waals surface area contributed by atoms with Crippen LogP contribution in [0.2, 0.25) is 0 Å². The molecule has 18 heavy (non-hydrogen) atoms. The molecule has 1 heterocycles. The number of nitrogens with zero attached hydrogens (tertiary/aromatic N) is 1. The Morgan fingerprint density at radius 3 is 2.67 bits per heavy atom. The fraction of sp³-hybridized carbons (Fsp3) is 0.267. The van der Waals surface area contributed by atoms with Crippen LogP contribution in [0.1, 0.15) is 29.8 Å². The molecule has 0 saturated carbocycles. The van der Waals surface area contributed by atoms with Gasteiger partial charge in [-0.15, -0.1) is 0 Å². The molecule has 0 spiro atoms. The summed E-state index contributed by atoms with van der Waals surface area (Å²) >= 11 is 0. The van der Waals surface area contributed by atoms with Gasteiger partial charge < -0.3 is 9.84 Å². The zero-order valence-corrected chi connectivity index (χ0v) is 10.6. The highest BCUT2D eigenvalue weighted by Gasteiger charge is 2.15. The van der Waals surface area contributed by atoms with Crippen LogP contribution in [0.5, 0.6) is 5.75 Å². The fourth-order valence-electron chi connectivity index (χ4n) is 1.81. The molecular weight excluding hydrogens is 226 g/mol. The molecule has 1 N–H and O–H groups in total. The first-order chi connectivity index (χ1) is 8.72. The number of benzene rings is 1. The standard InChI is InChI=1S/C15H17NO2/c1-3-18-14-7-5-4-6-13(14)15(17)12-9-8-11(2)16-10-12/h4-10,15,17H,3H2,1-2H3. The molecule has 94 valence electrons. The second kappa shape index (κ2) is 5.65. The monoisotopic (exact) mass is 243 g/mol. The van der Waals surface area contributed by atoms with Gasteiger partial charge in [-0.2, -0.15) is 0 Å². The zero-order chi connectivity index (χ0) is 13.0. The molecule has 0 fully saturated rings. The van der Waals surface area contributed by atoms with Crippen molar-refractivity contribution >= 4 is 0 Å². The molecule has 1 atom stereocenters. The number of aliphatic hydroxyl groups is 1. The number of rotatable bonds is 4. The van der Waals surface area contributed by atoms with E-state index in [1.807, 2.05) is 50.2 Å². The van der Waals surface area contributed by atoms with Crippen LogP contribution < -0.4 is 4.74 Å². The topological polar surface area (TPSA) is 42.4 Å². The van der Waals surface area contributed by atoms with Gasteiger partial charge in [0.1, 0.15) is 11.9 Å². The Hall–Kier alpha value is -1.87. The number of para-hydroxylation sites is 1. The summed E-state index contributed by atoms with van der Waals surface area (Å²) in [6, 6.07) is 11.3. The average molecular weight is 243 g/mol. The molecular formula is C15H17NO2. The van der Waals surface area contributed by atoms with E-state index in [0.29, 0.717) is 12.4 Å². The first kappa shape index (κ1) is 12.6. The highest BCUT2D eigenvalue weighted by Crippen LogP contribution is 2.29. The number of aryl methyl sites for hydroxylation is 1. The molecule has 2 rings (SSSR count). The molecule has 1 unspecified atom stereocenters. The number of ether oxygens (including phenoxy) is 1. The Labute approximate surface area is 107 Å². The van der Waals surface area contributed by atoms with Gasteiger partial charge in [-0.3, -0.25) is 4.98 Å². The molecule has 3 heteroatoms. The summed E-state index contributed by atoms with van der Waals surface area (Å²) in [7, 11) is 0. The Bertz CT molecular complexity index is 508. The first-order valence-corrected chi connectivity index (χ1v) is 6.04. The van der Waals surface area contributed by atoms with Crippen LogP contribution in [0.15, 0.2) is 42.6 Å². The highest BCUT2D eigenvalue weighted by atomic mass is 16.5. The Morgan fingerprint density at radius 2 is 2.00 bits per heavy atom. The van der Waals surface area contributed by atoms with E-state index in [1.54, 1.807) is 6.20 Å². The molecule has 0 radical (unpaired) electrons. The number of pyridine rings is 1. The lowest BCUT2D eigenvalue weighted by molar-refractivity contribution is 0.211. The molecule has 1 aromatic carbocycles. The summed E-state index contributed by atoms with van der Waals surface area (Å²) in [5.41, 5.74) is 2.47. The molecule has 0 aliphatic carbocycles. The third-order valence-electron chi connectivity index (χ3n) is 2.76. The van der Waals surface area contributed by atoms with Gasteiger partial charge in [-0.1, -0.05) is 24.3 Å². The van der Waals surface area contributed by atoms with Crippen molar-refractivity contribution in [3.05, 3.63) is 59.4 Å². The van der Waals surface area contributed by atoms with Crippen molar-refractivity contribution in [3.8, 4) is 5.75 Å². The lowest BCUT2D eigenvalue weighted by atomic mass is 10.0. The van der Waals surface area contributed by atoms with E-state index < -0.39 is 6.10 Å². The van der Waals surface area contributed by atoms with E-state index in [0.717, 1.165) is 16.8 Å². The van der Waals surface area contributed by atoms with Crippen molar-refractivity contribution in [2.75, 3.05) is 6.61 Å². The Balaban J connectivity index is 2.33. The molecule has 1 aromatic heterocycles. The average Bonchev–Trinajstić information content (AvgIpc) is 2.40. The van der Waals surface area contributed by atoms with Gasteiger partial charge in [0, 0.05) is 23.0 Å². The van der Waals surface area contributed by atoms with Gasteiger partial charge >= 0.3 is 0 Å². The molecule has 0 bridgehead atoms. The van der Waals surface area contributed by atoms with Crippen LogP contribution in [-0.4, -0.2) is 16.7 Å². The van der Waals surface area contributed by atoms with Crippen LogP contribution in [0.3, 0.4) is 0 Å². The van der Waals surface area contributed by atoms with Crippen LogP contribution in [0.25, 0.3) is 0 Å².